The van der Waals surface area contributed by atoms with Gasteiger partial charge in [0.15, 0.2) is 21.4 Å². The highest BCUT2D eigenvalue weighted by Gasteiger charge is 2.43. The highest BCUT2D eigenvalue weighted by Crippen LogP contribution is 2.34. The zero-order valence-corrected chi connectivity index (χ0v) is 67.0. The van der Waals surface area contributed by atoms with Gasteiger partial charge in [0, 0.05) is 73.5 Å². The zero-order chi connectivity index (χ0) is 88.6. The minimum absolute atomic E-state index is 0.00453. The van der Waals surface area contributed by atoms with E-state index in [9.17, 15) is 98.8 Å². The van der Waals surface area contributed by atoms with Crippen LogP contribution in [0.1, 0.15) is 114 Å². The molecule has 4 aromatic carbocycles. The van der Waals surface area contributed by atoms with E-state index in [1.54, 1.807) is 65.1 Å². The highest BCUT2D eigenvalue weighted by atomic mass is 32.2. The number of carbonyl (C=O) groups excluding carboxylic acids is 12. The fourth-order valence-electron chi connectivity index (χ4n) is 12.6. The predicted octanol–water partition coefficient (Wildman–Crippen LogP) is -0.226. The number of aliphatic hydroxyl groups excluding tert-OH is 1. The van der Waals surface area contributed by atoms with Crippen molar-refractivity contribution in [3.05, 3.63) is 143 Å². The molecule has 43 heteroatoms. The van der Waals surface area contributed by atoms with Crippen molar-refractivity contribution in [2.45, 2.75) is 182 Å². The SMILES string of the molecule is CC(C)C[C@H](NC(=O)[C@@H](COC(C)(C)C)NC(=O)[C@H](Cc1ccc(O)cc1)NC(=O)[C@H](CO)NC(=O)[C@H](Cc1c[nH]c2ccccc12)NC(=O)[C@H](Cc1cnc[nH]1)NC(=O)[C@@H]1CCC(=O)N1)C(=O)N[C@@H](CCCN=C(N)N)C(=O)N1CCC[C@H]1C(=O)NNC(N)=O.CC(O)(CS(=O)(=O)c1ccc(F)cc1)C(=O)Nc1ccc(C#N)c(C(F)(F)F)c1. The lowest BCUT2D eigenvalue weighted by molar-refractivity contribution is -0.142. The number of guanidine groups is 1. The number of aromatic nitrogens is 3. The number of hydrazine groups is 1. The van der Waals surface area contributed by atoms with Gasteiger partial charge in [0.2, 0.25) is 53.2 Å². The molecule has 2 aliphatic rings. The van der Waals surface area contributed by atoms with Crippen LogP contribution >= 0.6 is 0 Å². The van der Waals surface area contributed by atoms with Crippen LogP contribution in [0.3, 0.4) is 0 Å². The van der Waals surface area contributed by atoms with Crippen LogP contribution in [0.4, 0.5) is 28.0 Å². The number of phenolic OH excluding ortho intramolecular Hbond substituents is 1. The number of aromatic amines is 2. The molecule has 648 valence electrons. The second kappa shape index (κ2) is 42.5. The Bertz CT molecular complexity index is 4840. The number of nitrogens with one attached hydrogen (secondary N) is 13. The van der Waals surface area contributed by atoms with Gasteiger partial charge in [0.05, 0.1) is 53.0 Å². The van der Waals surface area contributed by atoms with Crippen molar-refractivity contribution in [3.63, 3.8) is 0 Å². The minimum atomic E-state index is -4.86. The summed E-state index contributed by atoms with van der Waals surface area (Å²) >= 11 is 0. The van der Waals surface area contributed by atoms with E-state index >= 15 is 0 Å². The number of hydrogen-bond acceptors (Lipinski definition) is 21. The summed E-state index contributed by atoms with van der Waals surface area (Å²) in [6.07, 6.45) is 0.0471. The summed E-state index contributed by atoms with van der Waals surface area (Å²) in [6.45, 7) is 8.15. The Morgan fingerprint density at radius 1 is 0.733 bits per heavy atom. The number of imidazole rings is 1. The van der Waals surface area contributed by atoms with Gasteiger partial charge in [-0.25, -0.2) is 28.0 Å². The van der Waals surface area contributed by atoms with Gasteiger partial charge < -0.3 is 100.0 Å². The second-order valence-electron chi connectivity index (χ2n) is 30.0. The van der Waals surface area contributed by atoms with E-state index in [-0.39, 0.29) is 105 Å². The molecule has 22 N–H and O–H groups in total. The fourth-order valence-corrected chi connectivity index (χ4v) is 14.2. The maximum absolute atomic E-state index is 14.8. The van der Waals surface area contributed by atoms with Gasteiger partial charge in [-0.15, -0.1) is 0 Å². The lowest BCUT2D eigenvalue weighted by Crippen LogP contribution is -2.62. The Balaban J connectivity index is 0.000000573. The quantitative estimate of drug-likeness (QED) is 0.00603. The molecule has 2 aliphatic heterocycles. The van der Waals surface area contributed by atoms with Crippen molar-refractivity contribution in [3.8, 4) is 11.8 Å². The number of nitrogens with two attached hydrogens (primary N) is 3. The molecule has 8 rings (SSSR count). The number of primary amides is 1. The number of aliphatic imine (C=N–C) groups is 1. The fraction of sp³-hybridized carbons (Fsp3) is 0.442. The second-order valence-corrected chi connectivity index (χ2v) is 32.0. The minimum Gasteiger partial charge on any atom is -0.508 e. The summed E-state index contributed by atoms with van der Waals surface area (Å²) in [5.74, 6) is -11.6. The summed E-state index contributed by atoms with van der Waals surface area (Å²) in [5, 5.41) is 63.8. The summed E-state index contributed by atoms with van der Waals surface area (Å²) in [5.41, 5.74) is 16.7. The highest BCUT2D eigenvalue weighted by molar-refractivity contribution is 7.91. The molecule has 10 atom stereocenters. The van der Waals surface area contributed by atoms with Crippen LogP contribution in [0.15, 0.2) is 120 Å². The third-order valence-electron chi connectivity index (χ3n) is 18.7. The van der Waals surface area contributed by atoms with Gasteiger partial charge in [-0.05, 0) is 144 Å². The largest absolute Gasteiger partial charge is 0.508 e. The maximum Gasteiger partial charge on any atom is 0.417 e. The number of aromatic hydroxyl groups is 1. The van der Waals surface area contributed by atoms with E-state index in [4.69, 9.17) is 27.2 Å². The van der Waals surface area contributed by atoms with E-state index in [1.165, 1.54) is 47.8 Å². The van der Waals surface area contributed by atoms with Crippen LogP contribution in [0.25, 0.3) is 10.9 Å². The number of carbonyl (C=O) groups is 12. The van der Waals surface area contributed by atoms with Crippen LogP contribution in [-0.4, -0.2) is 218 Å². The Hall–Kier alpha value is -12.8. The van der Waals surface area contributed by atoms with Crippen LogP contribution in [-0.2, 0) is 92.8 Å². The predicted molar refractivity (Wildman–Crippen MR) is 422 cm³/mol. The van der Waals surface area contributed by atoms with Crippen LogP contribution in [0.5, 0.6) is 5.75 Å². The Kier molecular flexibility index (Phi) is 33.4. The number of alkyl halides is 3. The first-order valence-corrected chi connectivity index (χ1v) is 39.4. The number of ether oxygens (including phenoxy) is 1. The van der Waals surface area contributed by atoms with E-state index in [0.717, 1.165) is 43.3 Å². The summed E-state index contributed by atoms with van der Waals surface area (Å²) < 4.78 is 82.7. The van der Waals surface area contributed by atoms with E-state index < -0.39 is 183 Å². The standard InChI is InChI=1S/C59H84N18O14.C18H14F4N2O4S/c1-31(2)22-40(49(82)68-39(12-8-20-64-57(60)61)56(89)77-21-9-13-46(77)55(88)75-76-58(62)90)69-54(87)45(29-91-59(3,4)5)74-50(83)41(23-32-14-16-35(79)17-15-32)70-53(86)44(28-78)73-51(84)42(24-33-26-65-37-11-7-6-10-36(33)37)71-52(85)43(25-34-27-63-30-66-34)72-48(81)38-18-19-47(80)67-38;1-17(26,10-29(27,28)14-6-3-12(19)4-7-14)16(25)24-13-5-2-11(9-23)15(8-13)18(20,21)22/h6-7,10-11,14-17,26-27,30-31,38-46,65,78-79H,8-9,12-13,18-25,28-29H2,1-5H3,(H,63,66)(H,67,80)(H,68,82)(H,69,87)(H,70,86)(H,71,85)(H,72,81)(H,73,84)(H,74,83)(H,75,88)(H4,60,61,64)(H3,62,76,90);2-8,26H,10H2,1H3,(H,24,25)/t38-,39-,40-,41-,42-,43-,44-,45+,46-;/m0./s1. The first-order valence-electron chi connectivity index (χ1n) is 37.8. The number of aliphatic hydroxyl groups is 2. The summed E-state index contributed by atoms with van der Waals surface area (Å²) in [7, 11) is -4.21. The number of sulfone groups is 1. The van der Waals surface area contributed by atoms with E-state index in [2.05, 4.69) is 67.9 Å². The monoisotopic (exact) mass is 1700 g/mol. The number of likely N-dealkylation sites (tertiary alicyclic amines) is 1. The molecule has 0 saturated carbocycles. The third kappa shape index (κ3) is 28.5. The molecule has 4 heterocycles. The average molecular weight is 1700 g/mol. The van der Waals surface area contributed by atoms with E-state index in [1.807, 2.05) is 10.7 Å². The third-order valence-corrected chi connectivity index (χ3v) is 20.6. The molecule has 0 spiro atoms. The molecule has 2 saturated heterocycles. The van der Waals surface area contributed by atoms with Crippen molar-refractivity contribution in [2.24, 2.45) is 28.1 Å². The van der Waals surface area contributed by atoms with Crippen LogP contribution < -0.4 is 75.9 Å². The molecule has 0 radical (unpaired) electrons. The number of rotatable bonds is 36. The molecule has 6 aromatic rings. The number of halogens is 4. The zero-order valence-electron chi connectivity index (χ0n) is 66.2. The van der Waals surface area contributed by atoms with Gasteiger partial charge in [0.1, 0.15) is 65.9 Å². The number of phenols is 1. The Morgan fingerprint density at radius 2 is 1.33 bits per heavy atom. The number of fused-ring (bicyclic) bond motifs is 1. The first-order chi connectivity index (χ1) is 56.4. The number of urea groups is 1. The number of hydrogen-bond donors (Lipinski definition) is 19. The number of nitrogens with zero attached hydrogens (tertiary/aromatic N) is 4. The lowest BCUT2D eigenvalue weighted by Gasteiger charge is -2.31. The number of anilines is 1. The van der Waals surface area contributed by atoms with Gasteiger partial charge in [-0.1, -0.05) is 44.2 Å². The van der Waals surface area contributed by atoms with E-state index in [0.29, 0.717) is 40.2 Å². The number of amides is 13. The molecule has 2 aromatic heterocycles. The Labute approximate surface area is 685 Å². The van der Waals surface area contributed by atoms with Crippen LogP contribution in [0.2, 0.25) is 0 Å². The molecule has 13 amide bonds. The van der Waals surface area contributed by atoms with Crippen LogP contribution in [0, 0.1) is 23.1 Å². The van der Waals surface area contributed by atoms with Crippen molar-refractivity contribution >= 4 is 103 Å². The number of H-pyrrole nitrogens is 2. The first kappa shape index (κ1) is 94.3. The summed E-state index contributed by atoms with van der Waals surface area (Å²) in [6, 6.07) is 6.69. The van der Waals surface area contributed by atoms with Gasteiger partial charge in [-0.3, -0.25) is 63.2 Å². The van der Waals surface area contributed by atoms with Crippen molar-refractivity contribution in [2.75, 3.05) is 37.4 Å². The smallest absolute Gasteiger partial charge is 0.417 e. The van der Waals surface area contributed by atoms with Crippen molar-refractivity contribution in [1.82, 2.24) is 73.2 Å². The maximum atomic E-state index is 14.8. The molecule has 120 heavy (non-hydrogen) atoms. The molecule has 1 unspecified atom stereocenters. The van der Waals surface area contributed by atoms with Crippen molar-refractivity contribution < 1.29 is 104 Å². The van der Waals surface area contributed by atoms with Gasteiger partial charge >= 0.3 is 12.2 Å². The number of benzene rings is 4. The average Bonchev–Trinajstić information content (AvgIpc) is 1.26. The lowest BCUT2D eigenvalue weighted by atomic mass is 10.0. The van der Waals surface area contributed by atoms with Crippen molar-refractivity contribution in [1.29, 1.82) is 5.26 Å². The molecular weight excluding hydrogens is 1600 g/mol. The topological polar surface area (TPSA) is 603 Å². The molecule has 0 aliphatic carbocycles. The molecule has 38 nitrogen and oxygen atoms in total. The normalized spacial score (nSPS) is 16.2. The molecule has 2 fully saturated rings. The van der Waals surface area contributed by atoms with Gasteiger partial charge in [0.25, 0.3) is 11.8 Å². The number of nitriles is 1. The molecule has 0 bridgehead atoms. The Morgan fingerprint density at radius 3 is 1.93 bits per heavy atom. The summed E-state index contributed by atoms with van der Waals surface area (Å²) in [4.78, 5) is 179. The molecular formula is C77H98F4N20O18S. The van der Waals surface area contributed by atoms with Gasteiger partial charge in [-0.2, -0.15) is 18.4 Å². The number of para-hydroxylation sites is 1.